The van der Waals surface area contributed by atoms with Crippen molar-refractivity contribution in [1.29, 1.82) is 0 Å². The third-order valence-corrected chi connectivity index (χ3v) is 3.21. The molecule has 1 amide bonds. The van der Waals surface area contributed by atoms with E-state index >= 15 is 0 Å². The second-order valence-corrected chi connectivity index (χ2v) is 6.52. The average Bonchev–Trinajstić information content (AvgIpc) is 2.81. The first-order valence-electron chi connectivity index (χ1n) is 7.69. The molecule has 130 valence electrons. The molecule has 1 unspecified atom stereocenters. The summed E-state index contributed by atoms with van der Waals surface area (Å²) < 4.78 is 5.22. The summed E-state index contributed by atoms with van der Waals surface area (Å²) in [5, 5.41) is 6.18. The lowest BCUT2D eigenvalue weighted by Crippen LogP contribution is -2.44. The summed E-state index contributed by atoms with van der Waals surface area (Å²) in [7, 11) is 1.73. The van der Waals surface area contributed by atoms with Crippen LogP contribution < -0.4 is 10.6 Å². The minimum absolute atomic E-state index is 0. The number of aliphatic imine (C=N–C) groups is 1. The molecule has 0 spiro atoms. The second-order valence-electron chi connectivity index (χ2n) is 6.52. The van der Waals surface area contributed by atoms with Gasteiger partial charge in [0.2, 0.25) is 5.91 Å². The highest BCUT2D eigenvalue weighted by Crippen LogP contribution is 2.16. The molecular weight excluding hydrogens is 395 g/mol. The molecule has 0 aliphatic carbocycles. The Labute approximate surface area is 151 Å². The molecule has 1 saturated heterocycles. The number of nitrogens with zero attached hydrogens (tertiary/aromatic N) is 2. The van der Waals surface area contributed by atoms with Crippen LogP contribution in [0.2, 0.25) is 0 Å². The number of likely N-dealkylation sites (tertiary alicyclic amines) is 1. The van der Waals surface area contributed by atoms with E-state index in [9.17, 15) is 4.79 Å². The first kappa shape index (κ1) is 21.4. The van der Waals surface area contributed by atoms with Gasteiger partial charge in [0.05, 0.1) is 6.61 Å². The molecule has 0 saturated carbocycles. The van der Waals surface area contributed by atoms with E-state index in [1.807, 2.05) is 27.7 Å². The highest BCUT2D eigenvalue weighted by molar-refractivity contribution is 14.0. The molecule has 1 atom stereocenters. The summed E-state index contributed by atoms with van der Waals surface area (Å²) >= 11 is 0. The van der Waals surface area contributed by atoms with Crippen LogP contribution in [-0.2, 0) is 9.53 Å². The minimum atomic E-state index is -0.220. The first-order chi connectivity index (χ1) is 9.85. The van der Waals surface area contributed by atoms with Gasteiger partial charge in [-0.1, -0.05) is 0 Å². The number of hydrogen-bond donors (Lipinski definition) is 2. The maximum Gasteiger partial charge on any atom is 0.242 e. The number of carbonyl (C=O) groups excluding carboxylic acids is 1. The zero-order valence-electron chi connectivity index (χ0n) is 14.4. The topological polar surface area (TPSA) is 66.0 Å². The molecule has 0 aromatic heterocycles. The Morgan fingerprint density at radius 1 is 1.41 bits per heavy atom. The molecule has 0 aromatic carbocycles. The van der Waals surface area contributed by atoms with Crippen LogP contribution in [0.15, 0.2) is 4.99 Å². The Balaban J connectivity index is 0.00000441. The van der Waals surface area contributed by atoms with Crippen LogP contribution in [0, 0.1) is 5.92 Å². The Morgan fingerprint density at radius 2 is 2.09 bits per heavy atom. The SMILES string of the molecule is CCNC(=NCC(=O)NC(C)(C)C)N1CCC(COC)C1.I. The van der Waals surface area contributed by atoms with Gasteiger partial charge in [0, 0.05) is 38.2 Å². The monoisotopic (exact) mass is 426 g/mol. The van der Waals surface area contributed by atoms with Gasteiger partial charge in [0.15, 0.2) is 5.96 Å². The highest BCUT2D eigenvalue weighted by Gasteiger charge is 2.25. The number of amides is 1. The lowest BCUT2D eigenvalue weighted by molar-refractivity contribution is -0.121. The van der Waals surface area contributed by atoms with Crippen molar-refractivity contribution in [2.45, 2.75) is 39.7 Å². The van der Waals surface area contributed by atoms with E-state index in [1.165, 1.54) is 0 Å². The van der Waals surface area contributed by atoms with Crippen LogP contribution in [0.25, 0.3) is 0 Å². The summed E-state index contributed by atoms with van der Waals surface area (Å²) in [5.41, 5.74) is -0.220. The summed E-state index contributed by atoms with van der Waals surface area (Å²) in [6.07, 6.45) is 1.10. The molecule has 22 heavy (non-hydrogen) atoms. The fourth-order valence-electron chi connectivity index (χ4n) is 2.43. The second kappa shape index (κ2) is 10.3. The molecule has 7 heteroatoms. The Kier molecular flexibility index (Phi) is 9.99. The van der Waals surface area contributed by atoms with Crippen molar-refractivity contribution in [1.82, 2.24) is 15.5 Å². The van der Waals surface area contributed by atoms with Crippen molar-refractivity contribution >= 4 is 35.8 Å². The number of hydrogen-bond acceptors (Lipinski definition) is 3. The quantitative estimate of drug-likeness (QED) is 0.397. The first-order valence-corrected chi connectivity index (χ1v) is 7.69. The molecule has 1 aliphatic rings. The van der Waals surface area contributed by atoms with Crippen LogP contribution in [0.5, 0.6) is 0 Å². The normalized spacial score (nSPS) is 18.9. The van der Waals surface area contributed by atoms with E-state index in [4.69, 9.17) is 4.74 Å². The lowest BCUT2D eigenvalue weighted by atomic mass is 10.1. The molecule has 2 N–H and O–H groups in total. The standard InChI is InChI=1S/C15H30N4O2.HI/c1-6-16-14(17-9-13(20)18-15(2,3)4)19-8-7-12(10-19)11-21-5;/h12H,6-11H2,1-5H3,(H,16,17)(H,18,20);1H. The molecule has 0 bridgehead atoms. The summed E-state index contributed by atoms with van der Waals surface area (Å²) in [5.74, 6) is 1.31. The van der Waals surface area contributed by atoms with Gasteiger partial charge in [-0.15, -0.1) is 24.0 Å². The van der Waals surface area contributed by atoms with E-state index in [0.717, 1.165) is 38.6 Å². The lowest BCUT2D eigenvalue weighted by Gasteiger charge is -2.23. The van der Waals surface area contributed by atoms with Gasteiger partial charge >= 0.3 is 0 Å². The minimum Gasteiger partial charge on any atom is -0.384 e. The fraction of sp³-hybridized carbons (Fsp3) is 0.867. The van der Waals surface area contributed by atoms with Gasteiger partial charge in [0.1, 0.15) is 6.54 Å². The van der Waals surface area contributed by atoms with E-state index < -0.39 is 0 Å². The third-order valence-electron chi connectivity index (χ3n) is 3.21. The molecule has 0 radical (unpaired) electrons. The number of carbonyl (C=O) groups is 1. The number of guanidine groups is 1. The van der Waals surface area contributed by atoms with Crippen molar-refractivity contribution in [2.75, 3.05) is 39.9 Å². The highest BCUT2D eigenvalue weighted by atomic mass is 127. The molecule has 6 nitrogen and oxygen atoms in total. The third kappa shape index (κ3) is 8.17. The van der Waals surface area contributed by atoms with E-state index in [0.29, 0.717) is 5.92 Å². The van der Waals surface area contributed by atoms with Crippen LogP contribution in [0.1, 0.15) is 34.1 Å². The predicted molar refractivity (Wildman–Crippen MR) is 101 cm³/mol. The molecule has 1 rings (SSSR count). The number of halogens is 1. The Hall–Kier alpha value is -0.570. The van der Waals surface area contributed by atoms with Gasteiger partial charge in [-0.05, 0) is 34.1 Å². The Morgan fingerprint density at radius 3 is 2.64 bits per heavy atom. The van der Waals surface area contributed by atoms with E-state index in [1.54, 1.807) is 7.11 Å². The molecule has 1 heterocycles. The molecule has 0 aromatic rings. The number of ether oxygens (including phenoxy) is 1. The van der Waals surface area contributed by atoms with Gasteiger partial charge in [-0.25, -0.2) is 4.99 Å². The van der Waals surface area contributed by atoms with Gasteiger partial charge in [-0.3, -0.25) is 4.79 Å². The smallest absolute Gasteiger partial charge is 0.242 e. The summed E-state index contributed by atoms with van der Waals surface area (Å²) in [6, 6.07) is 0. The van der Waals surface area contributed by atoms with Crippen LogP contribution in [0.4, 0.5) is 0 Å². The number of methoxy groups -OCH3 is 1. The Bertz CT molecular complexity index is 369. The number of nitrogens with one attached hydrogen (secondary N) is 2. The maximum absolute atomic E-state index is 11.9. The zero-order chi connectivity index (χ0) is 15.9. The van der Waals surface area contributed by atoms with Crippen molar-refractivity contribution in [2.24, 2.45) is 10.9 Å². The van der Waals surface area contributed by atoms with Crippen molar-refractivity contribution in [3.05, 3.63) is 0 Å². The molecular formula is C15H31IN4O2. The fourth-order valence-corrected chi connectivity index (χ4v) is 2.43. The van der Waals surface area contributed by atoms with E-state index in [2.05, 4.69) is 20.5 Å². The van der Waals surface area contributed by atoms with E-state index in [-0.39, 0.29) is 42.0 Å². The van der Waals surface area contributed by atoms with Crippen LogP contribution in [0.3, 0.4) is 0 Å². The van der Waals surface area contributed by atoms with Gasteiger partial charge < -0.3 is 20.3 Å². The molecule has 1 aliphatic heterocycles. The zero-order valence-corrected chi connectivity index (χ0v) is 16.8. The van der Waals surface area contributed by atoms with Gasteiger partial charge in [0.25, 0.3) is 0 Å². The largest absolute Gasteiger partial charge is 0.384 e. The van der Waals surface area contributed by atoms with Crippen molar-refractivity contribution < 1.29 is 9.53 Å². The summed E-state index contributed by atoms with van der Waals surface area (Å²) in [6.45, 7) is 11.6. The number of rotatable bonds is 5. The van der Waals surface area contributed by atoms with Crippen LogP contribution in [-0.4, -0.2) is 62.2 Å². The average molecular weight is 426 g/mol. The van der Waals surface area contributed by atoms with Crippen molar-refractivity contribution in [3.63, 3.8) is 0 Å². The summed E-state index contributed by atoms with van der Waals surface area (Å²) in [4.78, 5) is 18.5. The predicted octanol–water partition coefficient (Wildman–Crippen LogP) is 1.45. The van der Waals surface area contributed by atoms with Gasteiger partial charge in [-0.2, -0.15) is 0 Å². The van der Waals surface area contributed by atoms with Crippen molar-refractivity contribution in [3.8, 4) is 0 Å². The maximum atomic E-state index is 11.9. The van der Waals surface area contributed by atoms with Crippen LogP contribution >= 0.6 is 24.0 Å². The molecule has 1 fully saturated rings.